The van der Waals surface area contributed by atoms with Gasteiger partial charge in [0.25, 0.3) is 5.91 Å². The van der Waals surface area contributed by atoms with Crippen LogP contribution < -0.4 is 0 Å². The van der Waals surface area contributed by atoms with Crippen molar-refractivity contribution in [3.63, 3.8) is 0 Å². The van der Waals surface area contributed by atoms with Crippen LogP contribution in [0, 0.1) is 11.8 Å². The zero-order valence-electron chi connectivity index (χ0n) is 15.6. The van der Waals surface area contributed by atoms with Crippen molar-refractivity contribution < 1.29 is 9.59 Å². The van der Waals surface area contributed by atoms with Gasteiger partial charge >= 0.3 is 0 Å². The molecular weight excluding hydrogens is 330 g/mol. The molecule has 1 aliphatic carbocycles. The van der Waals surface area contributed by atoms with E-state index in [2.05, 4.69) is 9.97 Å². The summed E-state index contributed by atoms with van der Waals surface area (Å²) >= 11 is 0. The lowest BCUT2D eigenvalue weighted by molar-refractivity contribution is -0.129. The molecule has 2 aliphatic rings. The Balaban J connectivity index is 1.51. The minimum absolute atomic E-state index is 0.0397. The number of hydrogen-bond acceptors (Lipinski definition) is 4. The highest BCUT2D eigenvalue weighted by molar-refractivity contribution is 6.04. The molecule has 26 heavy (non-hydrogen) atoms. The van der Waals surface area contributed by atoms with Crippen LogP contribution in [0.3, 0.4) is 0 Å². The van der Waals surface area contributed by atoms with Gasteiger partial charge in [-0.3, -0.25) is 9.59 Å². The van der Waals surface area contributed by atoms with Crippen LogP contribution in [0.2, 0.25) is 0 Å². The number of imidazole rings is 1. The third kappa shape index (κ3) is 2.75. The summed E-state index contributed by atoms with van der Waals surface area (Å²) in [6.45, 7) is 3.16. The maximum atomic E-state index is 13.1. The number of carbonyl (C=O) groups is 2. The number of fused-ring (bicyclic) bond motifs is 2. The fraction of sp³-hybridized carbons (Fsp3) is 0.579. The van der Waals surface area contributed by atoms with Crippen LogP contribution in [0.5, 0.6) is 0 Å². The molecule has 0 aromatic carbocycles. The fourth-order valence-corrected chi connectivity index (χ4v) is 4.58. The van der Waals surface area contributed by atoms with Gasteiger partial charge in [0.2, 0.25) is 5.91 Å². The van der Waals surface area contributed by atoms with Gasteiger partial charge in [0, 0.05) is 46.3 Å². The predicted octanol–water partition coefficient (Wildman–Crippen LogP) is 1.69. The van der Waals surface area contributed by atoms with Crippen molar-refractivity contribution in [2.45, 2.75) is 32.2 Å². The summed E-state index contributed by atoms with van der Waals surface area (Å²) in [5.41, 5.74) is 2.03. The smallest absolute Gasteiger partial charge is 0.256 e. The summed E-state index contributed by atoms with van der Waals surface area (Å²) in [7, 11) is 3.77. The maximum absolute atomic E-state index is 13.1. The first-order valence-electron chi connectivity index (χ1n) is 9.24. The Morgan fingerprint density at radius 1 is 1.23 bits per heavy atom. The number of aromatic nitrogens is 3. The highest BCUT2D eigenvalue weighted by Gasteiger charge is 2.41. The van der Waals surface area contributed by atoms with Gasteiger partial charge in [-0.25, -0.2) is 9.97 Å². The lowest BCUT2D eigenvalue weighted by Crippen LogP contribution is -2.42. The Morgan fingerprint density at radius 3 is 2.77 bits per heavy atom. The standard InChI is InChI=1S/C19H25N5O2/c1-12(25)23(3)15-8-13-5-7-24(10-14(13)9-15)19(26)16-4-6-20-18-17(16)21-11-22(18)2/h4,6,11,13-15H,5,7-10H2,1-3H3/t13-,14-,15+/m1/s1. The largest absolute Gasteiger partial charge is 0.343 e. The van der Waals surface area contributed by atoms with Gasteiger partial charge in [-0.05, 0) is 37.2 Å². The van der Waals surface area contributed by atoms with Crippen molar-refractivity contribution in [3.8, 4) is 0 Å². The Morgan fingerprint density at radius 2 is 2.00 bits per heavy atom. The lowest BCUT2D eigenvalue weighted by Gasteiger charge is -2.35. The molecule has 7 nitrogen and oxygen atoms in total. The van der Waals surface area contributed by atoms with E-state index in [0.29, 0.717) is 29.0 Å². The number of piperidine rings is 1. The highest BCUT2D eigenvalue weighted by atomic mass is 16.2. The Bertz CT molecular complexity index is 861. The van der Waals surface area contributed by atoms with Crippen molar-refractivity contribution in [2.24, 2.45) is 18.9 Å². The molecule has 1 saturated heterocycles. The van der Waals surface area contributed by atoms with E-state index in [1.54, 1.807) is 25.5 Å². The second-order valence-corrected chi connectivity index (χ2v) is 7.70. The van der Waals surface area contributed by atoms with E-state index in [-0.39, 0.29) is 11.8 Å². The van der Waals surface area contributed by atoms with Gasteiger partial charge in [0.1, 0.15) is 5.52 Å². The summed E-state index contributed by atoms with van der Waals surface area (Å²) in [5, 5.41) is 0. The average molecular weight is 355 g/mol. The molecule has 0 spiro atoms. The van der Waals surface area contributed by atoms with Crippen molar-refractivity contribution >= 4 is 23.0 Å². The molecular formula is C19H25N5O2. The zero-order valence-corrected chi connectivity index (χ0v) is 15.6. The van der Waals surface area contributed by atoms with Gasteiger partial charge in [0.15, 0.2) is 5.65 Å². The molecule has 3 atom stereocenters. The van der Waals surface area contributed by atoms with E-state index in [1.165, 1.54) is 0 Å². The van der Waals surface area contributed by atoms with Crippen LogP contribution in [0.25, 0.3) is 11.2 Å². The average Bonchev–Trinajstić information content (AvgIpc) is 3.23. The molecule has 138 valence electrons. The van der Waals surface area contributed by atoms with Crippen LogP contribution in [0.15, 0.2) is 18.6 Å². The first-order valence-corrected chi connectivity index (χ1v) is 9.24. The number of likely N-dealkylation sites (tertiary alicyclic amines) is 1. The minimum Gasteiger partial charge on any atom is -0.343 e. The molecule has 0 N–H and O–H groups in total. The van der Waals surface area contributed by atoms with Crippen LogP contribution >= 0.6 is 0 Å². The number of aryl methyl sites for hydroxylation is 1. The second-order valence-electron chi connectivity index (χ2n) is 7.70. The van der Waals surface area contributed by atoms with E-state index in [1.807, 2.05) is 28.5 Å². The molecule has 4 rings (SSSR count). The number of hydrogen-bond donors (Lipinski definition) is 0. The van der Waals surface area contributed by atoms with Crippen LogP contribution in [0.4, 0.5) is 0 Å². The molecule has 7 heteroatoms. The van der Waals surface area contributed by atoms with Gasteiger partial charge in [-0.2, -0.15) is 0 Å². The Labute approximate surface area is 153 Å². The summed E-state index contributed by atoms with van der Waals surface area (Å²) in [4.78, 5) is 37.3. The Kier molecular flexibility index (Phi) is 4.17. The molecule has 2 aromatic rings. The highest BCUT2D eigenvalue weighted by Crippen LogP contribution is 2.40. The maximum Gasteiger partial charge on any atom is 0.256 e. The van der Waals surface area contributed by atoms with Gasteiger partial charge in [-0.15, -0.1) is 0 Å². The van der Waals surface area contributed by atoms with Crippen molar-refractivity contribution in [1.82, 2.24) is 24.3 Å². The van der Waals surface area contributed by atoms with Crippen molar-refractivity contribution in [3.05, 3.63) is 24.2 Å². The fourth-order valence-electron chi connectivity index (χ4n) is 4.58. The second kappa shape index (κ2) is 6.37. The summed E-state index contributed by atoms with van der Waals surface area (Å²) < 4.78 is 1.83. The van der Waals surface area contributed by atoms with Crippen molar-refractivity contribution in [1.29, 1.82) is 0 Å². The molecule has 0 radical (unpaired) electrons. The molecule has 0 unspecified atom stereocenters. The number of pyridine rings is 1. The van der Waals surface area contributed by atoms with Crippen LogP contribution in [-0.2, 0) is 11.8 Å². The summed E-state index contributed by atoms with van der Waals surface area (Å²) in [6.07, 6.45) is 6.43. The minimum atomic E-state index is 0.0397. The lowest BCUT2D eigenvalue weighted by atomic mass is 9.88. The van der Waals surface area contributed by atoms with Crippen LogP contribution in [0.1, 0.15) is 36.5 Å². The number of nitrogens with zero attached hydrogens (tertiary/aromatic N) is 5. The molecule has 2 amide bonds. The predicted molar refractivity (Wildman–Crippen MR) is 97.5 cm³/mol. The third-order valence-electron chi connectivity index (χ3n) is 6.20. The topological polar surface area (TPSA) is 71.3 Å². The van der Waals surface area contributed by atoms with Gasteiger partial charge in [0.05, 0.1) is 11.9 Å². The number of amides is 2. The van der Waals surface area contributed by atoms with Crippen molar-refractivity contribution in [2.75, 3.05) is 20.1 Å². The van der Waals surface area contributed by atoms with E-state index < -0.39 is 0 Å². The molecule has 1 aliphatic heterocycles. The first-order chi connectivity index (χ1) is 12.5. The molecule has 0 bridgehead atoms. The van der Waals surface area contributed by atoms with E-state index >= 15 is 0 Å². The molecule has 3 heterocycles. The molecule has 2 fully saturated rings. The normalized spacial score (nSPS) is 25.3. The van der Waals surface area contributed by atoms with Gasteiger partial charge < -0.3 is 14.4 Å². The number of carbonyl (C=O) groups excluding carboxylic acids is 2. The van der Waals surface area contributed by atoms with E-state index in [4.69, 9.17) is 0 Å². The SMILES string of the molecule is CC(=O)N(C)[C@H]1C[C@H]2CCN(C(=O)c3ccnc4c3ncn4C)C[C@H]2C1. The zero-order chi connectivity index (χ0) is 18.4. The third-order valence-corrected chi connectivity index (χ3v) is 6.20. The van der Waals surface area contributed by atoms with Crippen LogP contribution in [-0.4, -0.2) is 62.3 Å². The van der Waals surface area contributed by atoms with Gasteiger partial charge in [-0.1, -0.05) is 0 Å². The Hall–Kier alpha value is -2.44. The van der Waals surface area contributed by atoms with E-state index in [9.17, 15) is 9.59 Å². The van der Waals surface area contributed by atoms with E-state index in [0.717, 1.165) is 38.0 Å². The quantitative estimate of drug-likeness (QED) is 0.822. The summed E-state index contributed by atoms with van der Waals surface area (Å²) in [6, 6.07) is 2.08. The first kappa shape index (κ1) is 17.0. The molecule has 2 aromatic heterocycles. The number of rotatable bonds is 2. The molecule has 1 saturated carbocycles. The summed E-state index contributed by atoms with van der Waals surface area (Å²) in [5.74, 6) is 1.24. The monoisotopic (exact) mass is 355 g/mol.